The first-order valence-electron chi connectivity index (χ1n) is 13.2. The maximum Gasteiger partial charge on any atom is 0.570 e. The zero-order valence-corrected chi connectivity index (χ0v) is 24.4. The first kappa shape index (κ1) is 30.8. The van der Waals surface area contributed by atoms with E-state index in [1.807, 2.05) is 0 Å². The highest BCUT2D eigenvalue weighted by Crippen LogP contribution is 2.60. The summed E-state index contributed by atoms with van der Waals surface area (Å²) < 4.78 is 35.7. The van der Waals surface area contributed by atoms with E-state index in [1.54, 1.807) is 0 Å². The molecule has 23 nitrogen and oxygen atoms in total. The Bertz CT molecular complexity index is 1610. The van der Waals surface area contributed by atoms with Gasteiger partial charge in [-0.15, -0.1) is 9.05 Å². The van der Waals surface area contributed by atoms with Crippen LogP contribution in [0.5, 0.6) is 0 Å². The molecule has 0 saturated carbocycles. The molecule has 12 N–H and O–H groups in total. The Morgan fingerprint density at radius 3 is 2.27 bits per heavy atom. The van der Waals surface area contributed by atoms with Gasteiger partial charge in [0, 0.05) is 0 Å². The second kappa shape index (κ2) is 11.2. The number of ether oxygens (including phenoxy) is 2. The van der Waals surface area contributed by atoms with Crippen molar-refractivity contribution < 1.29 is 62.1 Å². The minimum Gasteiger partial charge on any atom is -0.387 e. The Kier molecular flexibility index (Phi) is 7.64. The molecule has 0 radical (unpaired) electrons. The molecular weight excluding hydrogens is 650 g/mol. The molecule has 0 aliphatic carbocycles. The van der Waals surface area contributed by atoms with E-state index in [4.69, 9.17) is 39.0 Å². The average molecular weight is 678 g/mol. The van der Waals surface area contributed by atoms with Crippen LogP contribution in [0.2, 0.25) is 0 Å². The summed E-state index contributed by atoms with van der Waals surface area (Å²) in [4.78, 5) is 71.5. The molecule has 3 aromatic rings. The van der Waals surface area contributed by atoms with Crippen molar-refractivity contribution in [2.75, 3.05) is 24.3 Å². The number of aliphatic hydroxyl groups is 2. The number of aliphatic hydroxyl groups excluding tert-OH is 2. The molecule has 7 heterocycles. The van der Waals surface area contributed by atoms with Gasteiger partial charge in [0.1, 0.15) is 55.3 Å². The van der Waals surface area contributed by atoms with Gasteiger partial charge in [-0.25, -0.2) is 19.9 Å². The van der Waals surface area contributed by atoms with Crippen LogP contribution in [0.15, 0.2) is 19.0 Å². The van der Waals surface area contributed by atoms with Crippen molar-refractivity contribution in [3.63, 3.8) is 0 Å². The number of imidazole rings is 2. The molecule has 25 heteroatoms. The highest BCUT2D eigenvalue weighted by molar-refractivity contribution is 7.54. The lowest BCUT2D eigenvalue weighted by Crippen LogP contribution is -2.51. The Morgan fingerprint density at radius 2 is 1.51 bits per heavy atom. The van der Waals surface area contributed by atoms with E-state index in [9.17, 15) is 34.6 Å². The standard InChI is InChI=1S/C20H27N10O13P2/c21-14-8-15(24-3-23-14)29(4-25-8)18-11(32)12-7(41-18)2-39-45(36,37)43-13-10(31)6(1-38-44(34,35)42-12)40-19(13)30-5-26-9-16(30)27-20(22)28-17(9)33/h3-7,10-13,18-20,31-32,34-37H,1-2,22H2,(H3-,21,23,24,27,28,33)/q+1/p+1/t6-,7-,10-,11-,12-,13-,18-,19-,20?/m1/s1. The minimum atomic E-state index is -4.83. The van der Waals surface area contributed by atoms with Gasteiger partial charge in [0.15, 0.2) is 48.1 Å². The number of amides is 1. The van der Waals surface area contributed by atoms with Gasteiger partial charge in [-0.05, 0) is 0 Å². The summed E-state index contributed by atoms with van der Waals surface area (Å²) in [5.74, 6) is -0.488. The van der Waals surface area contributed by atoms with Crippen LogP contribution in [0.1, 0.15) is 22.9 Å². The molecule has 3 fully saturated rings. The number of nitrogen functional groups attached to an aromatic ring is 1. The van der Waals surface area contributed by atoms with Crippen LogP contribution in [0.3, 0.4) is 0 Å². The number of hydrogen-bond acceptors (Lipinski definition) is 20. The van der Waals surface area contributed by atoms with Gasteiger partial charge in [-0.3, -0.25) is 19.7 Å². The van der Waals surface area contributed by atoms with Crippen molar-refractivity contribution in [1.82, 2.24) is 34.4 Å². The Morgan fingerprint density at radius 1 is 0.844 bits per heavy atom. The first-order valence-corrected chi connectivity index (χ1v) is 16.2. The molecule has 2 bridgehead atoms. The van der Waals surface area contributed by atoms with Gasteiger partial charge < -0.3 is 36.1 Å². The summed E-state index contributed by atoms with van der Waals surface area (Å²) in [6, 6.07) is 0. The Labute approximate surface area is 251 Å². The van der Waals surface area contributed by atoms with Crippen molar-refractivity contribution in [1.29, 1.82) is 0 Å². The Hall–Kier alpha value is -2.83. The predicted molar refractivity (Wildman–Crippen MR) is 145 cm³/mol. The van der Waals surface area contributed by atoms with Crippen LogP contribution < -0.4 is 22.1 Å². The number of anilines is 2. The van der Waals surface area contributed by atoms with Crippen molar-refractivity contribution in [3.8, 4) is 0 Å². The zero-order valence-electron chi connectivity index (χ0n) is 22.6. The molecular formula is C20H28N10O13P2+2. The molecule has 0 aromatic carbocycles. The normalized spacial score (nSPS) is 36.2. The molecule has 3 aromatic heterocycles. The second-order valence-corrected chi connectivity index (χ2v) is 13.3. The lowest BCUT2D eigenvalue weighted by atomic mass is 10.1. The molecule has 0 spiro atoms. The number of hydrogen-bond donors (Lipinski definition) is 10. The van der Waals surface area contributed by atoms with E-state index in [1.165, 1.54) is 28.1 Å². The van der Waals surface area contributed by atoms with Gasteiger partial charge >= 0.3 is 16.3 Å². The van der Waals surface area contributed by atoms with Gasteiger partial charge in [-0.1, -0.05) is 0 Å². The summed E-state index contributed by atoms with van der Waals surface area (Å²) in [6.45, 7) is -1.45. The van der Waals surface area contributed by atoms with E-state index < -0.39 is 90.8 Å². The molecule has 4 aliphatic heterocycles. The van der Waals surface area contributed by atoms with Crippen LogP contribution in [0.4, 0.5) is 11.6 Å². The third-order valence-corrected chi connectivity index (χ3v) is 9.48. The van der Waals surface area contributed by atoms with Crippen molar-refractivity contribution in [2.45, 2.75) is 55.4 Å². The fourth-order valence-corrected chi connectivity index (χ4v) is 7.37. The largest absolute Gasteiger partial charge is 0.570 e. The van der Waals surface area contributed by atoms with Crippen molar-refractivity contribution >= 4 is 45.0 Å². The van der Waals surface area contributed by atoms with E-state index in [0.29, 0.717) is 0 Å². The lowest BCUT2D eigenvalue weighted by Gasteiger charge is -2.27. The smallest absolute Gasteiger partial charge is 0.387 e. The maximum atomic E-state index is 12.3. The van der Waals surface area contributed by atoms with E-state index in [-0.39, 0.29) is 28.5 Å². The molecule has 45 heavy (non-hydrogen) atoms. The summed E-state index contributed by atoms with van der Waals surface area (Å²) in [7, 11) is -9.62. The Balaban J connectivity index is 1.18. The molecule has 3 saturated heterocycles. The van der Waals surface area contributed by atoms with Gasteiger partial charge in [-0.2, -0.15) is 28.6 Å². The molecule has 1 unspecified atom stereocenters. The monoisotopic (exact) mass is 678 g/mol. The van der Waals surface area contributed by atoms with E-state index in [0.717, 1.165) is 0 Å². The third kappa shape index (κ3) is 5.50. The maximum absolute atomic E-state index is 12.3. The summed E-state index contributed by atoms with van der Waals surface area (Å²) in [5.41, 5.74) is 12.0. The highest BCUT2D eigenvalue weighted by atomic mass is 31.2. The van der Waals surface area contributed by atoms with Crippen LogP contribution in [0, 0.1) is 0 Å². The van der Waals surface area contributed by atoms with E-state index >= 15 is 0 Å². The average Bonchev–Trinajstić information content (AvgIpc) is 3.72. The van der Waals surface area contributed by atoms with Crippen molar-refractivity contribution in [3.05, 3.63) is 24.7 Å². The summed E-state index contributed by atoms with van der Waals surface area (Å²) in [6.07, 6.45) is -9.39. The molecule has 4 aliphatic rings. The molecule has 7 rings (SSSR count). The van der Waals surface area contributed by atoms with Gasteiger partial charge in [0.2, 0.25) is 0 Å². The fourth-order valence-electron chi connectivity index (χ4n) is 5.44. The van der Waals surface area contributed by atoms with Gasteiger partial charge in [0.25, 0.3) is 5.91 Å². The predicted octanol–water partition coefficient (Wildman–Crippen LogP) is -3.64. The second-order valence-electron chi connectivity index (χ2n) is 10.4. The molecule has 1 amide bonds. The number of carbonyl (C=O) groups is 1. The number of fused-ring (bicyclic) bond motifs is 5. The molecule has 244 valence electrons. The number of rotatable bonds is 2. The third-order valence-electron chi connectivity index (χ3n) is 7.48. The number of aromatic nitrogens is 6. The lowest BCUT2D eigenvalue weighted by molar-refractivity contribution is -0.0748. The topological polar surface area (TPSA) is 331 Å². The SMILES string of the molecule is Nc1ncnc2c1ncn2[C@@H]1O[C@@H]2CO[P+](O)(O)O[C@@H]3[C@H](O)[C@@H](CO[P+](O)(O)O[C@H]2[C@H]1O)O[C@H]3n1cnc2c1NC(N)NC2=O. The number of nitrogens with one attached hydrogen (secondary N) is 2. The van der Waals surface area contributed by atoms with E-state index in [2.05, 4.69) is 30.6 Å². The summed E-state index contributed by atoms with van der Waals surface area (Å²) >= 11 is 0. The van der Waals surface area contributed by atoms with Crippen LogP contribution in [-0.2, 0) is 27.6 Å². The van der Waals surface area contributed by atoms with Crippen LogP contribution >= 0.6 is 16.3 Å². The van der Waals surface area contributed by atoms with Crippen molar-refractivity contribution in [2.24, 2.45) is 5.73 Å². The van der Waals surface area contributed by atoms with Gasteiger partial charge in [0.05, 0.1) is 12.7 Å². The minimum absolute atomic E-state index is 0.0557. The zero-order chi connectivity index (χ0) is 31.8. The fraction of sp³-hybridized carbons (Fsp3) is 0.550. The summed E-state index contributed by atoms with van der Waals surface area (Å²) in [5, 5.41) is 27.4. The number of nitrogens with two attached hydrogens (primary N) is 2. The van der Waals surface area contributed by atoms with Crippen LogP contribution in [-0.4, -0.2) is 121 Å². The quantitative estimate of drug-likeness (QED) is 0.117. The number of nitrogens with zero attached hydrogens (tertiary/aromatic N) is 6. The first-order chi connectivity index (χ1) is 21.3. The number of carbonyl (C=O) groups excluding carboxylic acids is 1. The highest BCUT2D eigenvalue weighted by Gasteiger charge is 2.61. The molecule has 9 atom stereocenters. The van der Waals surface area contributed by atoms with Crippen LogP contribution in [0.25, 0.3) is 11.2 Å².